The molecule has 64 heavy (non-hydrogen) atoms. The average molecular weight is 1060 g/mol. The normalized spacial score (nSPS) is 11.9. The first-order valence-electron chi connectivity index (χ1n) is 21.3. The van der Waals surface area contributed by atoms with E-state index in [9.17, 15) is 28.5 Å². The number of hydrogen-bond donors (Lipinski definition) is 6. The monoisotopic (exact) mass is 1060 g/mol. The summed E-state index contributed by atoms with van der Waals surface area (Å²) in [5, 5.41) is 14.3. The molecular formula is C42H69IN5O14PS. The lowest BCUT2D eigenvalue weighted by Gasteiger charge is -2.35. The molecule has 0 saturated heterocycles. The summed E-state index contributed by atoms with van der Waals surface area (Å²) in [6.07, 6.45) is 19.1. The molecule has 0 heterocycles. The topological polar surface area (TPSA) is 236 Å². The van der Waals surface area contributed by atoms with Crippen LogP contribution in [0, 0.1) is 37.0 Å². The lowest BCUT2D eigenvalue weighted by molar-refractivity contribution is -0.128. The summed E-state index contributed by atoms with van der Waals surface area (Å²) in [6, 6.07) is 0. The number of halogens is 1. The first-order valence-corrected chi connectivity index (χ1v) is 24.9. The van der Waals surface area contributed by atoms with Crippen LogP contribution in [-0.2, 0) is 64.3 Å². The van der Waals surface area contributed by atoms with Gasteiger partial charge in [0.2, 0.25) is 29.5 Å². The van der Waals surface area contributed by atoms with Crippen LogP contribution in [0.15, 0.2) is 0 Å². The third kappa shape index (κ3) is 39.4. The van der Waals surface area contributed by atoms with Crippen molar-refractivity contribution in [3.05, 3.63) is 0 Å². The van der Waals surface area contributed by atoms with Crippen molar-refractivity contribution in [1.82, 2.24) is 26.6 Å². The Labute approximate surface area is 398 Å². The zero-order valence-electron chi connectivity index (χ0n) is 36.9. The molecule has 1 unspecified atom stereocenters. The maximum atomic E-state index is 13.6. The third-order valence-corrected chi connectivity index (χ3v) is 12.6. The van der Waals surface area contributed by atoms with Gasteiger partial charge in [-0.3, -0.25) is 24.0 Å². The first kappa shape index (κ1) is 61.0. The summed E-state index contributed by atoms with van der Waals surface area (Å²) in [6.45, 7) is 1.11. The molecule has 0 aromatic heterocycles. The number of thiol groups is 1. The van der Waals surface area contributed by atoms with Gasteiger partial charge in [0.1, 0.15) is 42.8 Å². The molecule has 364 valence electrons. The second kappa shape index (κ2) is 42.6. The molecule has 0 rings (SSSR count). The summed E-state index contributed by atoms with van der Waals surface area (Å²) in [5.41, 5.74) is -1.15. The van der Waals surface area contributed by atoms with Crippen LogP contribution in [0.25, 0.3) is 0 Å². The van der Waals surface area contributed by atoms with Crippen LogP contribution in [0.3, 0.4) is 0 Å². The van der Waals surface area contributed by atoms with Crippen LogP contribution in [0.1, 0.15) is 83.5 Å². The molecule has 0 aliphatic heterocycles. The number of carbonyl (C=O) groups is 5. The van der Waals surface area contributed by atoms with Gasteiger partial charge < -0.3 is 59.5 Å². The van der Waals surface area contributed by atoms with Crippen molar-refractivity contribution in [1.29, 1.82) is 0 Å². The Hall–Kier alpha value is -2.98. The van der Waals surface area contributed by atoms with Gasteiger partial charge in [0.15, 0.2) is 0 Å². The number of rotatable bonds is 44. The summed E-state index contributed by atoms with van der Waals surface area (Å²) < 4.78 is 53.3. The maximum absolute atomic E-state index is 13.6. The largest absolute Gasteiger partial charge is 0.395 e. The molecule has 0 aliphatic carbocycles. The third-order valence-electron chi connectivity index (χ3n) is 8.82. The Morgan fingerprint density at radius 2 is 0.859 bits per heavy atom. The maximum Gasteiger partial charge on any atom is 0.395 e. The second-order valence-electron chi connectivity index (χ2n) is 14.0. The Balaban J connectivity index is 5.55. The molecule has 0 aliphatic rings. The molecule has 0 aromatic carbocycles. The van der Waals surface area contributed by atoms with Crippen LogP contribution >= 0.6 is 42.1 Å². The van der Waals surface area contributed by atoms with Crippen molar-refractivity contribution in [2.45, 2.75) is 89.0 Å². The molecule has 0 bridgehead atoms. The van der Waals surface area contributed by atoms with E-state index in [0.29, 0.717) is 52.6 Å². The van der Waals surface area contributed by atoms with Gasteiger partial charge in [-0.05, 0) is 38.5 Å². The minimum Gasteiger partial charge on any atom is -0.377 e. The molecule has 22 heteroatoms. The van der Waals surface area contributed by atoms with E-state index in [1.165, 1.54) is 23.0 Å². The molecule has 0 radical (unpaired) electrons. The Bertz CT molecular complexity index is 1370. The van der Waals surface area contributed by atoms with Crippen LogP contribution in [0.4, 0.5) is 0 Å². The lowest BCUT2D eigenvalue weighted by atomic mass is 9.82. The van der Waals surface area contributed by atoms with Crippen LogP contribution in [0.2, 0.25) is 0 Å². The van der Waals surface area contributed by atoms with Gasteiger partial charge in [0.25, 0.3) is 0 Å². The standard InChI is InChI=1S/C42H69IN5O14PS/c1-4-24-55-31-34-58-28-21-45-38(50)14-17-42(18-15-39(51)46-22-29-59-35-32-56-25-5-2,19-16-40(52)47-23-30-60-36-33-57-26-6-3)48-41(53)13-11-12-37(49)44-20-9-7-8-10-27-61-63(54,64)62-43/h1-3H,7-36H2,(H,44,49)(H,45,50)(H,46,51)(H,47,52)(H,48,53)(H,54,64). The van der Waals surface area contributed by atoms with Gasteiger partial charge >= 0.3 is 6.80 Å². The quantitative estimate of drug-likeness (QED) is 0.0169. The van der Waals surface area contributed by atoms with E-state index in [0.717, 1.165) is 19.3 Å². The van der Waals surface area contributed by atoms with Gasteiger partial charge in [0, 0.05) is 63.8 Å². The number of carbonyl (C=O) groups excluding carboxylic acids is 5. The minimum atomic E-state index is -3.31. The van der Waals surface area contributed by atoms with Gasteiger partial charge in [0.05, 0.1) is 66.1 Å². The number of terminal acetylenes is 3. The number of amides is 5. The zero-order chi connectivity index (χ0) is 47.4. The Kier molecular flexibility index (Phi) is 40.7. The van der Waals surface area contributed by atoms with E-state index in [1.807, 2.05) is 0 Å². The SMILES string of the molecule is C#CCOCCOCCNC(=O)CCC(CCC(=O)NCCOCCOCC#C)(CCC(=O)NCCOCCOCC#C)NC(=O)CCCC(=O)NCCCCCCOP(=O)(S)OI. The molecule has 0 fully saturated rings. The molecular weight excluding hydrogens is 988 g/mol. The van der Waals surface area contributed by atoms with E-state index in [2.05, 4.69) is 59.4 Å². The molecule has 19 nitrogen and oxygen atoms in total. The number of nitrogens with one attached hydrogen (secondary N) is 5. The fraction of sp³-hybridized carbons (Fsp3) is 0.738. The minimum absolute atomic E-state index is 0.0110. The predicted molar refractivity (Wildman–Crippen MR) is 252 cm³/mol. The summed E-state index contributed by atoms with van der Waals surface area (Å²) in [4.78, 5) is 65.3. The highest BCUT2D eigenvalue weighted by Crippen LogP contribution is 2.54. The van der Waals surface area contributed by atoms with Gasteiger partial charge in [-0.1, -0.05) is 42.9 Å². The van der Waals surface area contributed by atoms with Crippen LogP contribution < -0.4 is 26.6 Å². The van der Waals surface area contributed by atoms with Gasteiger partial charge in [-0.25, -0.2) is 7.42 Å². The fourth-order valence-corrected chi connectivity index (χ4v) is 6.58. The van der Waals surface area contributed by atoms with Crippen molar-refractivity contribution < 1.29 is 64.3 Å². The van der Waals surface area contributed by atoms with Crippen molar-refractivity contribution in [2.24, 2.45) is 0 Å². The summed E-state index contributed by atoms with van der Waals surface area (Å²) >= 11 is 5.29. The van der Waals surface area contributed by atoms with Crippen molar-refractivity contribution in [2.75, 3.05) is 112 Å². The van der Waals surface area contributed by atoms with E-state index in [4.69, 9.17) is 52.2 Å². The highest BCUT2D eigenvalue weighted by atomic mass is 127. The Morgan fingerprint density at radius 1 is 0.484 bits per heavy atom. The second-order valence-corrected chi connectivity index (χ2v) is 18.0. The van der Waals surface area contributed by atoms with Crippen molar-refractivity contribution in [3.8, 4) is 37.0 Å². The van der Waals surface area contributed by atoms with E-state index >= 15 is 0 Å². The molecule has 5 amide bonds. The zero-order valence-corrected chi connectivity index (χ0v) is 40.9. The first-order chi connectivity index (χ1) is 30.9. The number of ether oxygens (including phenoxy) is 6. The molecule has 0 aromatic rings. The molecule has 0 saturated carbocycles. The number of unbranched alkanes of at least 4 members (excludes halogenated alkanes) is 3. The highest BCUT2D eigenvalue weighted by Gasteiger charge is 2.33. The highest BCUT2D eigenvalue weighted by molar-refractivity contribution is 14.1. The van der Waals surface area contributed by atoms with E-state index < -0.39 is 18.2 Å². The van der Waals surface area contributed by atoms with Gasteiger partial charge in [-0.2, -0.15) is 0 Å². The average Bonchev–Trinajstić information content (AvgIpc) is 3.27. The predicted octanol–water partition coefficient (Wildman–Crippen LogP) is 2.80. The fourth-order valence-electron chi connectivity index (χ4n) is 5.59. The molecule has 0 spiro atoms. The van der Waals surface area contributed by atoms with E-state index in [-0.39, 0.29) is 147 Å². The summed E-state index contributed by atoms with van der Waals surface area (Å²) in [7, 11) is 0. The van der Waals surface area contributed by atoms with Crippen LogP contribution in [0.5, 0.6) is 0 Å². The van der Waals surface area contributed by atoms with Gasteiger partial charge in [-0.15, -0.1) is 19.3 Å². The smallest absolute Gasteiger partial charge is 0.377 e. The number of hydrogen-bond acceptors (Lipinski definition) is 14. The van der Waals surface area contributed by atoms with Crippen molar-refractivity contribution >= 4 is 71.6 Å². The van der Waals surface area contributed by atoms with Crippen molar-refractivity contribution in [3.63, 3.8) is 0 Å². The Morgan fingerprint density at radius 3 is 1.28 bits per heavy atom. The molecule has 1 atom stereocenters. The molecule has 5 N–H and O–H groups in total. The van der Waals surface area contributed by atoms with E-state index in [1.54, 1.807) is 0 Å². The summed E-state index contributed by atoms with van der Waals surface area (Å²) in [5.74, 6) is 5.55. The lowest BCUT2D eigenvalue weighted by Crippen LogP contribution is -2.50. The van der Waals surface area contributed by atoms with Crippen LogP contribution in [-0.4, -0.2) is 147 Å².